The Balaban J connectivity index is 2.37. The molecule has 1 atom stereocenters. The fourth-order valence-electron chi connectivity index (χ4n) is 1.21. The van der Waals surface area contributed by atoms with Gasteiger partial charge in [-0.3, -0.25) is 10.1 Å². The second-order valence-corrected chi connectivity index (χ2v) is 4.81. The van der Waals surface area contributed by atoms with Gasteiger partial charge in [0, 0.05) is 11.6 Å². The van der Waals surface area contributed by atoms with Crippen molar-refractivity contribution in [2.45, 2.75) is 52.2 Å². The van der Waals surface area contributed by atoms with Crippen LogP contribution in [-0.4, -0.2) is 22.6 Å². The van der Waals surface area contributed by atoms with Crippen molar-refractivity contribution in [2.75, 3.05) is 0 Å². The lowest BCUT2D eigenvalue weighted by Crippen LogP contribution is -2.50. The summed E-state index contributed by atoms with van der Waals surface area (Å²) in [7, 11) is 0. The van der Waals surface area contributed by atoms with Crippen molar-refractivity contribution in [2.24, 2.45) is 0 Å². The zero-order valence-corrected chi connectivity index (χ0v) is 10.9. The van der Waals surface area contributed by atoms with E-state index in [1.54, 1.807) is 12.3 Å². The molecule has 5 nitrogen and oxygen atoms in total. The molecule has 1 aromatic rings. The van der Waals surface area contributed by atoms with Gasteiger partial charge in [-0.05, 0) is 27.2 Å². The quantitative estimate of drug-likeness (QED) is 0.788. The van der Waals surface area contributed by atoms with Gasteiger partial charge >= 0.3 is 0 Å². The first-order valence-corrected chi connectivity index (χ1v) is 5.89. The van der Waals surface area contributed by atoms with Crippen LogP contribution in [-0.2, 0) is 11.3 Å². The monoisotopic (exact) mass is 239 g/mol. The lowest BCUT2D eigenvalue weighted by atomic mass is 10.0. The van der Waals surface area contributed by atoms with Crippen LogP contribution in [0.5, 0.6) is 0 Å². The van der Waals surface area contributed by atoms with E-state index in [0.717, 1.165) is 12.2 Å². The van der Waals surface area contributed by atoms with Crippen LogP contribution in [0.2, 0.25) is 0 Å². The number of carbonyl (C=O) groups excluding carboxylic acids is 1. The van der Waals surface area contributed by atoms with Crippen molar-refractivity contribution in [3.8, 4) is 0 Å². The molecule has 1 heterocycles. The molecular weight excluding hydrogens is 218 g/mol. The van der Waals surface area contributed by atoms with Gasteiger partial charge in [-0.15, -0.1) is 0 Å². The van der Waals surface area contributed by atoms with Crippen molar-refractivity contribution in [1.29, 1.82) is 0 Å². The van der Waals surface area contributed by atoms with E-state index in [4.69, 9.17) is 4.52 Å². The lowest BCUT2D eigenvalue weighted by molar-refractivity contribution is -0.124. The Morgan fingerprint density at radius 2 is 2.29 bits per heavy atom. The molecule has 0 aliphatic carbocycles. The highest BCUT2D eigenvalue weighted by molar-refractivity contribution is 5.81. The van der Waals surface area contributed by atoms with Crippen molar-refractivity contribution in [3.05, 3.63) is 18.0 Å². The molecule has 1 aromatic heterocycles. The van der Waals surface area contributed by atoms with Crippen molar-refractivity contribution < 1.29 is 9.32 Å². The summed E-state index contributed by atoms with van der Waals surface area (Å²) in [5, 5.41) is 9.68. The first kappa shape index (κ1) is 13.7. The minimum atomic E-state index is -0.258. The molecule has 0 spiro atoms. The van der Waals surface area contributed by atoms with E-state index in [1.807, 2.05) is 27.7 Å². The Morgan fingerprint density at radius 3 is 2.82 bits per heavy atom. The number of hydrogen-bond donors (Lipinski definition) is 2. The van der Waals surface area contributed by atoms with Crippen molar-refractivity contribution in [1.82, 2.24) is 15.8 Å². The Bertz CT molecular complexity index is 347. The normalized spacial score (nSPS) is 13.4. The number of carbonyl (C=O) groups is 1. The van der Waals surface area contributed by atoms with E-state index in [9.17, 15) is 4.79 Å². The second kappa shape index (κ2) is 5.82. The maximum Gasteiger partial charge on any atom is 0.237 e. The topological polar surface area (TPSA) is 67.2 Å². The zero-order valence-electron chi connectivity index (χ0n) is 10.9. The predicted octanol–water partition coefficient (Wildman–Crippen LogP) is 1.46. The van der Waals surface area contributed by atoms with Gasteiger partial charge in [0.2, 0.25) is 5.91 Å². The van der Waals surface area contributed by atoms with Crippen LogP contribution in [0.15, 0.2) is 16.8 Å². The maximum absolute atomic E-state index is 11.9. The molecule has 5 heteroatoms. The van der Waals surface area contributed by atoms with E-state index in [-0.39, 0.29) is 17.5 Å². The molecule has 17 heavy (non-hydrogen) atoms. The minimum Gasteiger partial charge on any atom is -0.360 e. The Morgan fingerprint density at radius 1 is 1.59 bits per heavy atom. The predicted molar refractivity (Wildman–Crippen MR) is 65.3 cm³/mol. The average Bonchev–Trinajstić information content (AvgIpc) is 2.78. The van der Waals surface area contributed by atoms with Gasteiger partial charge in [0.15, 0.2) is 0 Å². The molecule has 0 saturated carbocycles. The number of amides is 1. The third kappa shape index (κ3) is 4.56. The Kier molecular flexibility index (Phi) is 4.69. The maximum atomic E-state index is 11.9. The molecule has 0 aliphatic rings. The molecule has 1 unspecified atom stereocenters. The van der Waals surface area contributed by atoms with Crippen LogP contribution in [0, 0.1) is 0 Å². The third-order valence-electron chi connectivity index (χ3n) is 2.81. The van der Waals surface area contributed by atoms with Gasteiger partial charge in [-0.2, -0.15) is 0 Å². The Labute approximate surface area is 102 Å². The molecule has 0 aromatic carbocycles. The number of aromatic nitrogens is 1. The third-order valence-corrected chi connectivity index (χ3v) is 2.81. The highest BCUT2D eigenvalue weighted by Crippen LogP contribution is 2.07. The summed E-state index contributed by atoms with van der Waals surface area (Å²) in [5.74, 6) is 0.718. The molecule has 0 aliphatic heterocycles. The molecule has 0 saturated heterocycles. The van der Waals surface area contributed by atoms with E-state index in [2.05, 4.69) is 15.8 Å². The fraction of sp³-hybridized carbons (Fsp3) is 0.667. The summed E-state index contributed by atoms with van der Waals surface area (Å²) >= 11 is 0. The van der Waals surface area contributed by atoms with Gasteiger partial charge in [0.05, 0.1) is 18.8 Å². The van der Waals surface area contributed by atoms with Crippen LogP contribution in [0.3, 0.4) is 0 Å². The summed E-state index contributed by atoms with van der Waals surface area (Å²) in [4.78, 5) is 11.9. The van der Waals surface area contributed by atoms with Crippen LogP contribution in [0.4, 0.5) is 0 Å². The summed E-state index contributed by atoms with van der Waals surface area (Å²) in [5.41, 5.74) is -0.167. The summed E-state index contributed by atoms with van der Waals surface area (Å²) in [6.45, 7) is 8.40. The second-order valence-electron chi connectivity index (χ2n) is 4.81. The largest absolute Gasteiger partial charge is 0.360 e. The van der Waals surface area contributed by atoms with Gasteiger partial charge in [0.25, 0.3) is 0 Å². The highest BCUT2D eigenvalue weighted by atomic mass is 16.5. The molecule has 1 amide bonds. The molecule has 0 radical (unpaired) electrons. The van der Waals surface area contributed by atoms with Crippen molar-refractivity contribution in [3.63, 3.8) is 0 Å². The molecule has 2 N–H and O–H groups in total. The van der Waals surface area contributed by atoms with Gasteiger partial charge in [-0.25, -0.2) is 0 Å². The van der Waals surface area contributed by atoms with Gasteiger partial charge < -0.3 is 9.84 Å². The van der Waals surface area contributed by atoms with Crippen molar-refractivity contribution >= 4 is 5.91 Å². The van der Waals surface area contributed by atoms with Gasteiger partial charge in [-0.1, -0.05) is 12.1 Å². The summed E-state index contributed by atoms with van der Waals surface area (Å²) in [6, 6.07) is 1.51. The van der Waals surface area contributed by atoms with Crippen LogP contribution < -0.4 is 10.6 Å². The van der Waals surface area contributed by atoms with E-state index >= 15 is 0 Å². The minimum absolute atomic E-state index is 0.00337. The van der Waals surface area contributed by atoms with E-state index < -0.39 is 0 Å². The van der Waals surface area contributed by atoms with Crippen LogP contribution >= 0.6 is 0 Å². The number of rotatable bonds is 6. The highest BCUT2D eigenvalue weighted by Gasteiger charge is 2.21. The number of nitrogens with one attached hydrogen (secondary N) is 2. The van der Waals surface area contributed by atoms with E-state index in [1.165, 1.54) is 0 Å². The Hall–Kier alpha value is -1.36. The fourth-order valence-corrected chi connectivity index (χ4v) is 1.21. The summed E-state index contributed by atoms with van der Waals surface area (Å²) < 4.78 is 4.94. The first-order valence-electron chi connectivity index (χ1n) is 5.89. The van der Waals surface area contributed by atoms with E-state index in [0.29, 0.717) is 6.54 Å². The standard InChI is InChI=1S/C12H21N3O2/c1-5-12(3,4)15-11(16)9(2)13-8-10-6-7-14-17-10/h6-7,9,13H,5,8H2,1-4H3,(H,15,16). The van der Waals surface area contributed by atoms with Crippen LogP contribution in [0.25, 0.3) is 0 Å². The molecule has 0 fully saturated rings. The molecule has 0 bridgehead atoms. The summed E-state index contributed by atoms with van der Waals surface area (Å²) in [6.07, 6.45) is 2.48. The molecule has 96 valence electrons. The zero-order chi connectivity index (χ0) is 12.9. The lowest BCUT2D eigenvalue weighted by Gasteiger charge is -2.26. The molecular formula is C12H21N3O2. The SMILES string of the molecule is CCC(C)(C)NC(=O)C(C)NCc1ccno1. The van der Waals surface area contributed by atoms with Gasteiger partial charge in [0.1, 0.15) is 5.76 Å². The number of nitrogens with zero attached hydrogens (tertiary/aromatic N) is 1. The number of hydrogen-bond acceptors (Lipinski definition) is 4. The average molecular weight is 239 g/mol. The first-order chi connectivity index (χ1) is 7.94. The smallest absolute Gasteiger partial charge is 0.237 e. The van der Waals surface area contributed by atoms with Crippen LogP contribution in [0.1, 0.15) is 39.9 Å². The molecule has 1 rings (SSSR count).